The van der Waals surface area contributed by atoms with Crippen molar-refractivity contribution in [1.82, 2.24) is 14.7 Å². The van der Waals surface area contributed by atoms with Crippen LogP contribution in [0.3, 0.4) is 0 Å². The van der Waals surface area contributed by atoms with Gasteiger partial charge in [0.05, 0.1) is 5.52 Å². The Morgan fingerprint density at radius 3 is 2.57 bits per heavy atom. The number of carbonyl (C=O) groups is 2. The maximum absolute atomic E-state index is 12.9. The molecule has 0 atom stereocenters. The topological polar surface area (TPSA) is 75.5 Å². The van der Waals surface area contributed by atoms with Gasteiger partial charge in [-0.15, -0.1) is 0 Å². The van der Waals surface area contributed by atoms with Crippen LogP contribution in [0.2, 0.25) is 0 Å². The summed E-state index contributed by atoms with van der Waals surface area (Å²) in [7, 11) is 0. The molecule has 0 aliphatic heterocycles. The molecule has 0 fully saturated rings. The standard InChI is InChI=1S/C22H26N4O2/c1-4-16-9-5-6-10-17(16)24-22(28)20-25-19(18-11-7-8-14-26(18)20)21(27)23-13-12-15(2)3/h5-11,14-15H,4,12-13H2,1-3H3,(H,23,27)(H,24,28). The average molecular weight is 378 g/mol. The van der Waals surface area contributed by atoms with Crippen LogP contribution in [0.4, 0.5) is 5.69 Å². The van der Waals surface area contributed by atoms with Gasteiger partial charge in [-0.25, -0.2) is 4.98 Å². The summed E-state index contributed by atoms with van der Waals surface area (Å²) >= 11 is 0. The summed E-state index contributed by atoms with van der Waals surface area (Å²) in [4.78, 5) is 29.9. The van der Waals surface area contributed by atoms with Gasteiger partial charge < -0.3 is 10.6 Å². The Kier molecular flexibility index (Phi) is 6.09. The van der Waals surface area contributed by atoms with E-state index in [0.717, 1.165) is 24.1 Å². The van der Waals surface area contributed by atoms with Crippen LogP contribution in [0.25, 0.3) is 5.52 Å². The fraction of sp³-hybridized carbons (Fsp3) is 0.318. The summed E-state index contributed by atoms with van der Waals surface area (Å²) in [5.41, 5.74) is 2.67. The molecule has 0 saturated carbocycles. The van der Waals surface area contributed by atoms with Gasteiger partial charge in [0.25, 0.3) is 11.8 Å². The Morgan fingerprint density at radius 2 is 1.82 bits per heavy atom. The summed E-state index contributed by atoms with van der Waals surface area (Å²) in [5.74, 6) is 0.0789. The number of aryl methyl sites for hydroxylation is 1. The monoisotopic (exact) mass is 378 g/mol. The van der Waals surface area contributed by atoms with Crippen molar-refractivity contribution in [2.24, 2.45) is 5.92 Å². The highest BCUT2D eigenvalue weighted by Crippen LogP contribution is 2.18. The summed E-state index contributed by atoms with van der Waals surface area (Å²) in [6, 6.07) is 13.1. The van der Waals surface area contributed by atoms with Crippen LogP contribution in [0.1, 0.15) is 53.9 Å². The predicted molar refractivity (Wildman–Crippen MR) is 111 cm³/mol. The molecular formula is C22H26N4O2. The molecule has 2 heterocycles. The maximum Gasteiger partial charge on any atom is 0.292 e. The molecular weight excluding hydrogens is 352 g/mol. The van der Waals surface area contributed by atoms with Crippen molar-refractivity contribution < 1.29 is 9.59 Å². The molecule has 0 radical (unpaired) electrons. The highest BCUT2D eigenvalue weighted by molar-refractivity contribution is 6.06. The van der Waals surface area contributed by atoms with E-state index in [1.165, 1.54) is 0 Å². The van der Waals surface area contributed by atoms with E-state index in [2.05, 4.69) is 29.5 Å². The molecule has 6 heteroatoms. The zero-order valence-electron chi connectivity index (χ0n) is 16.5. The molecule has 2 N–H and O–H groups in total. The van der Waals surface area contributed by atoms with Crippen LogP contribution in [0, 0.1) is 5.92 Å². The van der Waals surface area contributed by atoms with Gasteiger partial charge in [-0.05, 0) is 42.5 Å². The van der Waals surface area contributed by atoms with E-state index in [4.69, 9.17) is 0 Å². The number of imidazole rings is 1. The van der Waals surface area contributed by atoms with Crippen molar-refractivity contribution in [3.05, 3.63) is 65.7 Å². The van der Waals surface area contributed by atoms with Crippen LogP contribution >= 0.6 is 0 Å². The molecule has 0 spiro atoms. The van der Waals surface area contributed by atoms with E-state index in [1.54, 1.807) is 16.7 Å². The number of hydrogen-bond donors (Lipinski definition) is 2. The van der Waals surface area contributed by atoms with E-state index in [9.17, 15) is 9.59 Å². The molecule has 3 rings (SSSR count). The van der Waals surface area contributed by atoms with Crippen LogP contribution < -0.4 is 10.6 Å². The first-order valence-corrected chi connectivity index (χ1v) is 9.65. The second-order valence-electron chi connectivity index (χ2n) is 7.14. The number of benzene rings is 1. The van der Waals surface area contributed by atoms with Gasteiger partial charge in [-0.3, -0.25) is 14.0 Å². The van der Waals surface area contributed by atoms with Crippen molar-refractivity contribution in [2.75, 3.05) is 11.9 Å². The summed E-state index contributed by atoms with van der Waals surface area (Å²) in [5, 5.41) is 5.82. The smallest absolute Gasteiger partial charge is 0.292 e. The number of para-hydroxylation sites is 1. The number of carbonyl (C=O) groups excluding carboxylic acids is 2. The van der Waals surface area contributed by atoms with Gasteiger partial charge in [-0.1, -0.05) is 45.0 Å². The third-order valence-corrected chi connectivity index (χ3v) is 4.62. The molecule has 3 aromatic rings. The highest BCUT2D eigenvalue weighted by atomic mass is 16.2. The number of nitrogens with one attached hydrogen (secondary N) is 2. The molecule has 1 aromatic carbocycles. The van der Waals surface area contributed by atoms with E-state index in [0.29, 0.717) is 18.0 Å². The lowest BCUT2D eigenvalue weighted by Crippen LogP contribution is -2.26. The first-order valence-electron chi connectivity index (χ1n) is 9.65. The molecule has 0 unspecified atom stereocenters. The van der Waals surface area contributed by atoms with Crippen LogP contribution in [-0.2, 0) is 6.42 Å². The zero-order valence-corrected chi connectivity index (χ0v) is 16.5. The molecule has 146 valence electrons. The fourth-order valence-electron chi connectivity index (χ4n) is 3.05. The molecule has 2 aromatic heterocycles. The largest absolute Gasteiger partial charge is 0.351 e. The number of nitrogens with zero attached hydrogens (tertiary/aromatic N) is 2. The number of anilines is 1. The van der Waals surface area contributed by atoms with E-state index in [1.807, 2.05) is 43.3 Å². The lowest BCUT2D eigenvalue weighted by Gasteiger charge is -2.08. The van der Waals surface area contributed by atoms with Gasteiger partial charge >= 0.3 is 0 Å². The lowest BCUT2D eigenvalue weighted by atomic mass is 10.1. The second kappa shape index (κ2) is 8.69. The fourth-order valence-corrected chi connectivity index (χ4v) is 3.05. The van der Waals surface area contributed by atoms with E-state index >= 15 is 0 Å². The molecule has 28 heavy (non-hydrogen) atoms. The number of hydrogen-bond acceptors (Lipinski definition) is 3. The number of rotatable bonds is 7. The SMILES string of the molecule is CCc1ccccc1NC(=O)c1nc(C(=O)NCCC(C)C)c2ccccn12. The second-order valence-corrected chi connectivity index (χ2v) is 7.14. The molecule has 2 amide bonds. The lowest BCUT2D eigenvalue weighted by molar-refractivity contribution is 0.0949. The Balaban J connectivity index is 1.89. The van der Waals surface area contributed by atoms with Crippen molar-refractivity contribution in [1.29, 1.82) is 0 Å². The number of fused-ring (bicyclic) bond motifs is 1. The number of amides is 2. The first-order chi connectivity index (χ1) is 13.5. The Hall–Kier alpha value is -3.15. The van der Waals surface area contributed by atoms with Gasteiger partial charge in [-0.2, -0.15) is 0 Å². The van der Waals surface area contributed by atoms with Gasteiger partial charge in [0.1, 0.15) is 0 Å². The molecule has 6 nitrogen and oxygen atoms in total. The summed E-state index contributed by atoms with van der Waals surface area (Å²) < 4.78 is 1.65. The first kappa shape index (κ1) is 19.6. The van der Waals surface area contributed by atoms with Gasteiger partial charge in [0, 0.05) is 18.4 Å². The summed E-state index contributed by atoms with van der Waals surface area (Å²) in [6.45, 7) is 6.83. The van der Waals surface area contributed by atoms with Crippen molar-refractivity contribution in [2.45, 2.75) is 33.6 Å². The Labute approximate surface area is 165 Å². The van der Waals surface area contributed by atoms with Crippen molar-refractivity contribution in [3.63, 3.8) is 0 Å². The van der Waals surface area contributed by atoms with Crippen LogP contribution in [-0.4, -0.2) is 27.7 Å². The molecule has 0 aliphatic carbocycles. The predicted octanol–water partition coefficient (Wildman–Crippen LogP) is 3.92. The number of pyridine rings is 1. The molecule has 0 saturated heterocycles. The van der Waals surface area contributed by atoms with Crippen LogP contribution in [0.15, 0.2) is 48.7 Å². The maximum atomic E-state index is 12.9. The molecule has 0 bridgehead atoms. The molecule has 0 aliphatic rings. The van der Waals surface area contributed by atoms with Crippen LogP contribution in [0.5, 0.6) is 0 Å². The van der Waals surface area contributed by atoms with Crippen molar-refractivity contribution in [3.8, 4) is 0 Å². The van der Waals surface area contributed by atoms with E-state index < -0.39 is 0 Å². The van der Waals surface area contributed by atoms with E-state index in [-0.39, 0.29) is 23.3 Å². The Bertz CT molecular complexity index is 991. The Morgan fingerprint density at radius 1 is 1.07 bits per heavy atom. The van der Waals surface area contributed by atoms with Gasteiger partial charge in [0.15, 0.2) is 5.69 Å². The van der Waals surface area contributed by atoms with Crippen molar-refractivity contribution >= 4 is 23.0 Å². The summed E-state index contributed by atoms with van der Waals surface area (Å²) in [6.07, 6.45) is 3.44. The average Bonchev–Trinajstić information content (AvgIpc) is 3.08. The zero-order chi connectivity index (χ0) is 20.1. The minimum Gasteiger partial charge on any atom is -0.351 e. The number of aromatic nitrogens is 2. The highest BCUT2D eigenvalue weighted by Gasteiger charge is 2.21. The minimum atomic E-state index is -0.344. The normalized spacial score (nSPS) is 11.0. The third-order valence-electron chi connectivity index (χ3n) is 4.62. The van der Waals surface area contributed by atoms with Gasteiger partial charge in [0.2, 0.25) is 5.82 Å². The third kappa shape index (κ3) is 4.22. The quantitative estimate of drug-likeness (QED) is 0.654. The minimum absolute atomic E-state index is 0.190.